The molecule has 2 heterocycles. The highest BCUT2D eigenvalue weighted by Gasteiger charge is 2.16. The zero-order chi connectivity index (χ0) is 21.8. The molecule has 0 saturated carbocycles. The van der Waals surface area contributed by atoms with E-state index in [1.54, 1.807) is 47.5 Å². The summed E-state index contributed by atoms with van der Waals surface area (Å²) < 4.78 is 3.50. The predicted octanol–water partition coefficient (Wildman–Crippen LogP) is 2.78. The monoisotopic (exact) mass is 426 g/mol. The number of halogens is 1. The maximum absolute atomic E-state index is 12.5. The topological polar surface area (TPSA) is 109 Å². The highest BCUT2D eigenvalue weighted by atomic mass is 35.5. The minimum absolute atomic E-state index is 0.183. The number of hydrogen-bond donors (Lipinski definition) is 2. The van der Waals surface area contributed by atoms with E-state index >= 15 is 0 Å². The summed E-state index contributed by atoms with van der Waals surface area (Å²) in [6.45, 7) is 6.23. The lowest BCUT2D eigenvalue weighted by Crippen LogP contribution is -2.36. The van der Waals surface area contributed by atoms with Gasteiger partial charge in [0.1, 0.15) is 17.6 Å². The van der Waals surface area contributed by atoms with Gasteiger partial charge in [-0.3, -0.25) is 9.48 Å². The van der Waals surface area contributed by atoms with E-state index in [9.17, 15) is 9.90 Å². The Hall–Kier alpha value is -3.15. The first-order chi connectivity index (χ1) is 14.3. The van der Waals surface area contributed by atoms with Crippen LogP contribution in [0.1, 0.15) is 35.7 Å². The molecule has 1 aromatic carbocycles. The van der Waals surface area contributed by atoms with E-state index in [0.717, 1.165) is 11.3 Å². The van der Waals surface area contributed by atoms with Gasteiger partial charge < -0.3 is 15.0 Å². The first-order valence-corrected chi connectivity index (χ1v) is 9.90. The van der Waals surface area contributed by atoms with Crippen LogP contribution in [0.4, 0.5) is 0 Å². The van der Waals surface area contributed by atoms with Gasteiger partial charge in [0.2, 0.25) is 0 Å². The minimum Gasteiger partial charge on any atom is -0.392 e. The van der Waals surface area contributed by atoms with E-state index in [1.165, 1.54) is 0 Å². The number of aliphatic hydroxyl groups excluding tert-OH is 1. The molecule has 0 fully saturated rings. The fourth-order valence-corrected chi connectivity index (χ4v) is 3.32. The molecule has 2 N–H and O–H groups in total. The number of nitrogens with one attached hydrogen (secondary N) is 1. The Bertz CT molecular complexity index is 1100. The van der Waals surface area contributed by atoms with Crippen molar-refractivity contribution in [1.29, 1.82) is 5.26 Å². The quantitative estimate of drug-likeness (QED) is 0.603. The fourth-order valence-electron chi connectivity index (χ4n) is 3.09. The summed E-state index contributed by atoms with van der Waals surface area (Å²) in [5, 5.41) is 26.3. The zero-order valence-corrected chi connectivity index (χ0v) is 17.8. The Morgan fingerprint density at radius 3 is 2.77 bits per heavy atom. The average molecular weight is 427 g/mol. The second-order valence-electron chi connectivity index (χ2n) is 7.28. The molecule has 2 aromatic heterocycles. The maximum Gasteiger partial charge on any atom is 0.271 e. The highest BCUT2D eigenvalue weighted by Crippen LogP contribution is 2.24. The van der Waals surface area contributed by atoms with Crippen LogP contribution in [0, 0.1) is 18.3 Å². The van der Waals surface area contributed by atoms with Crippen molar-refractivity contribution in [1.82, 2.24) is 24.6 Å². The first-order valence-electron chi connectivity index (χ1n) is 9.53. The highest BCUT2D eigenvalue weighted by molar-refractivity contribution is 6.32. The number of hydrogen-bond acceptors (Lipinski definition) is 5. The predicted molar refractivity (Wildman–Crippen MR) is 113 cm³/mol. The van der Waals surface area contributed by atoms with Gasteiger partial charge in [0.05, 0.1) is 28.9 Å². The SMILES string of the molecule is Cc1nc(C(=O)N[C@H](C)Cn2ccc(-c3ccc(C#N)c(Cl)c3)n2)cn1C[C@H](C)O. The molecule has 2 atom stereocenters. The molecule has 0 aliphatic heterocycles. The van der Waals surface area contributed by atoms with Crippen LogP contribution < -0.4 is 5.32 Å². The number of carbonyl (C=O) groups excluding carboxylic acids is 1. The molecule has 30 heavy (non-hydrogen) atoms. The van der Waals surface area contributed by atoms with Crippen LogP contribution in [0.5, 0.6) is 0 Å². The lowest BCUT2D eigenvalue weighted by molar-refractivity contribution is 0.0931. The number of nitrogens with zero attached hydrogens (tertiary/aromatic N) is 5. The third-order valence-corrected chi connectivity index (χ3v) is 4.85. The average Bonchev–Trinajstić information content (AvgIpc) is 3.28. The van der Waals surface area contributed by atoms with Crippen LogP contribution in [0.2, 0.25) is 5.02 Å². The molecule has 8 nitrogen and oxygen atoms in total. The van der Waals surface area contributed by atoms with E-state index < -0.39 is 6.10 Å². The summed E-state index contributed by atoms with van der Waals surface area (Å²) in [5.41, 5.74) is 2.27. The number of benzene rings is 1. The Kier molecular flexibility index (Phi) is 6.55. The van der Waals surface area contributed by atoms with E-state index in [2.05, 4.69) is 15.4 Å². The number of rotatable bonds is 7. The molecule has 9 heteroatoms. The van der Waals surface area contributed by atoms with Gasteiger partial charge in [0.15, 0.2) is 0 Å². The van der Waals surface area contributed by atoms with Crippen molar-refractivity contribution in [3.05, 3.63) is 58.8 Å². The summed E-state index contributed by atoms with van der Waals surface area (Å²) in [5.74, 6) is 0.396. The summed E-state index contributed by atoms with van der Waals surface area (Å²) in [6.07, 6.45) is 2.95. The normalized spacial score (nSPS) is 12.9. The van der Waals surface area contributed by atoms with E-state index in [1.807, 2.05) is 25.3 Å². The van der Waals surface area contributed by atoms with Crippen LogP contribution in [-0.4, -0.2) is 42.5 Å². The zero-order valence-electron chi connectivity index (χ0n) is 17.0. The Morgan fingerprint density at radius 2 is 2.10 bits per heavy atom. The number of aliphatic hydroxyl groups is 1. The molecule has 156 valence electrons. The molecule has 0 aliphatic carbocycles. The van der Waals surface area contributed by atoms with E-state index in [4.69, 9.17) is 16.9 Å². The number of aryl methyl sites for hydroxylation is 1. The Labute approximate surface area is 179 Å². The molecule has 0 saturated heterocycles. The standard InChI is InChI=1S/C21H23ClN6O2/c1-13(24-21(30)20-12-27(11-14(2)29)15(3)25-20)10-28-7-6-19(26-28)16-4-5-17(9-23)18(22)8-16/h4-8,12-14,29H,10-11H2,1-3H3,(H,24,30)/t13-,14+/m1/s1. The number of amides is 1. The van der Waals surface area contributed by atoms with Gasteiger partial charge >= 0.3 is 0 Å². The van der Waals surface area contributed by atoms with Crippen LogP contribution >= 0.6 is 11.6 Å². The second-order valence-corrected chi connectivity index (χ2v) is 7.69. The van der Waals surface area contributed by atoms with E-state index in [0.29, 0.717) is 35.2 Å². The molecule has 1 amide bonds. The molecular weight excluding hydrogens is 404 g/mol. The van der Waals surface area contributed by atoms with Gasteiger partial charge in [0, 0.05) is 30.5 Å². The third kappa shape index (κ3) is 5.06. The number of nitriles is 1. The van der Waals surface area contributed by atoms with E-state index in [-0.39, 0.29) is 11.9 Å². The van der Waals surface area contributed by atoms with Gasteiger partial charge in [-0.05, 0) is 39.0 Å². The summed E-state index contributed by atoms with van der Waals surface area (Å²) >= 11 is 6.10. The molecule has 3 aromatic rings. The molecule has 0 radical (unpaired) electrons. The summed E-state index contributed by atoms with van der Waals surface area (Å²) in [6, 6.07) is 8.88. The molecule has 0 bridgehead atoms. The third-order valence-electron chi connectivity index (χ3n) is 4.53. The van der Waals surface area contributed by atoms with Crippen molar-refractivity contribution in [2.75, 3.05) is 0 Å². The molecule has 0 spiro atoms. The van der Waals surface area contributed by atoms with Gasteiger partial charge in [0.25, 0.3) is 5.91 Å². The van der Waals surface area contributed by atoms with Crippen molar-refractivity contribution in [3.8, 4) is 17.3 Å². The second kappa shape index (κ2) is 9.11. The van der Waals surface area contributed by atoms with Crippen molar-refractivity contribution >= 4 is 17.5 Å². The molecule has 0 unspecified atom stereocenters. The van der Waals surface area contributed by atoms with Crippen molar-refractivity contribution in [2.45, 2.75) is 46.0 Å². The lowest BCUT2D eigenvalue weighted by atomic mass is 10.1. The van der Waals surface area contributed by atoms with Gasteiger partial charge in [-0.25, -0.2) is 4.98 Å². The van der Waals surface area contributed by atoms with Gasteiger partial charge in [-0.2, -0.15) is 10.4 Å². The Morgan fingerprint density at radius 1 is 1.33 bits per heavy atom. The maximum atomic E-state index is 12.5. The largest absolute Gasteiger partial charge is 0.392 e. The van der Waals surface area contributed by atoms with Crippen LogP contribution in [0.15, 0.2) is 36.7 Å². The lowest BCUT2D eigenvalue weighted by Gasteiger charge is -2.13. The van der Waals surface area contributed by atoms with Crippen molar-refractivity contribution < 1.29 is 9.90 Å². The summed E-state index contributed by atoms with van der Waals surface area (Å²) in [7, 11) is 0. The van der Waals surface area contributed by atoms with Gasteiger partial charge in [-0.15, -0.1) is 0 Å². The summed E-state index contributed by atoms with van der Waals surface area (Å²) in [4.78, 5) is 16.8. The number of imidazole rings is 1. The smallest absolute Gasteiger partial charge is 0.271 e. The number of carbonyl (C=O) groups is 1. The van der Waals surface area contributed by atoms with Crippen LogP contribution in [-0.2, 0) is 13.1 Å². The number of aromatic nitrogens is 4. The minimum atomic E-state index is -0.521. The fraction of sp³-hybridized carbons (Fsp3) is 0.333. The Balaban J connectivity index is 1.63. The molecule has 3 rings (SSSR count). The first kappa shape index (κ1) is 21.6. The van der Waals surface area contributed by atoms with Crippen LogP contribution in [0.3, 0.4) is 0 Å². The molecular formula is C21H23ClN6O2. The van der Waals surface area contributed by atoms with Crippen molar-refractivity contribution in [3.63, 3.8) is 0 Å². The molecule has 0 aliphatic rings. The van der Waals surface area contributed by atoms with Crippen molar-refractivity contribution in [2.24, 2.45) is 0 Å². The van der Waals surface area contributed by atoms with Crippen LogP contribution in [0.25, 0.3) is 11.3 Å². The van der Waals surface area contributed by atoms with Gasteiger partial charge in [-0.1, -0.05) is 17.7 Å².